The van der Waals surface area contributed by atoms with Gasteiger partial charge in [-0.3, -0.25) is 9.59 Å². The lowest BCUT2D eigenvalue weighted by atomic mass is 9.84. The van der Waals surface area contributed by atoms with Crippen molar-refractivity contribution in [3.8, 4) is 0 Å². The summed E-state index contributed by atoms with van der Waals surface area (Å²) in [5, 5.41) is 0.685. The highest BCUT2D eigenvalue weighted by molar-refractivity contribution is 6.06. The van der Waals surface area contributed by atoms with Crippen molar-refractivity contribution in [2.45, 2.75) is 45.7 Å². The van der Waals surface area contributed by atoms with Crippen molar-refractivity contribution in [2.75, 3.05) is 7.05 Å². The Morgan fingerprint density at radius 1 is 1.41 bits per heavy atom. The zero-order chi connectivity index (χ0) is 20.7. The molecule has 1 aliphatic rings. The minimum Gasteiger partial charge on any atom is -0.354 e. The van der Waals surface area contributed by atoms with Crippen molar-refractivity contribution in [3.05, 3.63) is 81.4 Å². The third kappa shape index (κ3) is 3.20. The van der Waals surface area contributed by atoms with Crippen molar-refractivity contribution in [1.82, 2.24) is 14.5 Å². The summed E-state index contributed by atoms with van der Waals surface area (Å²) in [5.41, 5.74) is 5.65. The number of nitrogens with zero attached hydrogens (tertiary/aromatic N) is 2. The van der Waals surface area contributed by atoms with E-state index in [1.54, 1.807) is 16.8 Å². The fourth-order valence-corrected chi connectivity index (χ4v) is 4.58. The lowest BCUT2D eigenvalue weighted by Crippen LogP contribution is -2.34. The number of carbonyl (C=O) groups is 1. The minimum absolute atomic E-state index is 0. The molecule has 0 spiro atoms. The quantitative estimate of drug-likeness (QED) is 0.665. The van der Waals surface area contributed by atoms with Gasteiger partial charge in [0.15, 0.2) is 0 Å². The molecule has 29 heavy (non-hydrogen) atoms. The Morgan fingerprint density at radius 3 is 2.97 bits per heavy atom. The van der Waals surface area contributed by atoms with E-state index in [2.05, 4.69) is 36.7 Å². The number of amides is 1. The van der Waals surface area contributed by atoms with E-state index >= 15 is 0 Å². The SMILES string of the molecule is C=CCn1cc(C(=O)N(C)C2CCCc3c(C)cccc32)c2cc(C)[nH]c2c1=O.[HH]. The predicted octanol–water partition coefficient (Wildman–Crippen LogP) is 4.53. The summed E-state index contributed by atoms with van der Waals surface area (Å²) in [7, 11) is 1.87. The van der Waals surface area contributed by atoms with Crippen LogP contribution < -0.4 is 5.56 Å². The predicted molar refractivity (Wildman–Crippen MR) is 119 cm³/mol. The zero-order valence-electron chi connectivity index (χ0n) is 17.3. The van der Waals surface area contributed by atoms with E-state index in [9.17, 15) is 9.59 Å². The normalized spacial score (nSPS) is 15.9. The monoisotopic (exact) mass is 391 g/mol. The molecule has 0 fully saturated rings. The number of hydrogen-bond acceptors (Lipinski definition) is 2. The molecule has 0 saturated carbocycles. The Morgan fingerprint density at radius 2 is 2.21 bits per heavy atom. The molecular weight excluding hydrogens is 362 g/mol. The number of fused-ring (bicyclic) bond motifs is 2. The Kier molecular flexibility index (Phi) is 4.91. The minimum atomic E-state index is -0.133. The Hall–Kier alpha value is -3.08. The summed E-state index contributed by atoms with van der Waals surface area (Å²) < 4.78 is 1.55. The number of H-pyrrole nitrogens is 1. The van der Waals surface area contributed by atoms with Gasteiger partial charge in [0.05, 0.1) is 11.6 Å². The van der Waals surface area contributed by atoms with Gasteiger partial charge in [0.2, 0.25) is 0 Å². The summed E-state index contributed by atoms with van der Waals surface area (Å²) in [6, 6.07) is 8.28. The molecule has 4 rings (SSSR count). The van der Waals surface area contributed by atoms with E-state index in [1.165, 1.54) is 16.7 Å². The topological polar surface area (TPSA) is 58.1 Å². The summed E-state index contributed by atoms with van der Waals surface area (Å²) in [5.74, 6) is -0.0637. The molecule has 0 saturated heterocycles. The van der Waals surface area contributed by atoms with Gasteiger partial charge in [-0.1, -0.05) is 24.3 Å². The molecule has 1 atom stereocenters. The second-order valence-electron chi connectivity index (χ2n) is 8.00. The van der Waals surface area contributed by atoms with Crippen LogP contribution in [0.1, 0.15) is 53.1 Å². The van der Waals surface area contributed by atoms with Crippen molar-refractivity contribution >= 4 is 16.8 Å². The average Bonchev–Trinajstić information content (AvgIpc) is 3.11. The van der Waals surface area contributed by atoms with Crippen LogP contribution in [0.3, 0.4) is 0 Å². The third-order valence-electron chi connectivity index (χ3n) is 6.06. The molecule has 1 unspecified atom stereocenters. The first-order chi connectivity index (χ1) is 13.9. The Labute approximate surface area is 172 Å². The molecule has 5 heteroatoms. The molecule has 3 aromatic rings. The molecule has 5 nitrogen and oxygen atoms in total. The molecule has 1 aliphatic carbocycles. The third-order valence-corrected chi connectivity index (χ3v) is 6.06. The molecule has 0 bridgehead atoms. The van der Waals surface area contributed by atoms with E-state index in [-0.39, 0.29) is 18.9 Å². The molecule has 1 N–H and O–H groups in total. The van der Waals surface area contributed by atoms with Gasteiger partial charge < -0.3 is 14.5 Å². The van der Waals surface area contributed by atoms with Crippen LogP contribution in [-0.4, -0.2) is 27.4 Å². The van der Waals surface area contributed by atoms with Gasteiger partial charge in [-0.05, 0) is 55.9 Å². The number of aryl methyl sites for hydroxylation is 2. The van der Waals surface area contributed by atoms with Crippen LogP contribution in [0.4, 0.5) is 0 Å². The largest absolute Gasteiger partial charge is 0.354 e. The summed E-state index contributed by atoms with van der Waals surface area (Å²) in [4.78, 5) is 31.3. The van der Waals surface area contributed by atoms with E-state index in [1.807, 2.05) is 24.9 Å². The summed E-state index contributed by atoms with van der Waals surface area (Å²) in [6.45, 7) is 8.13. The van der Waals surface area contributed by atoms with Crippen LogP contribution in [0.25, 0.3) is 10.9 Å². The van der Waals surface area contributed by atoms with Crippen LogP contribution >= 0.6 is 0 Å². The number of rotatable bonds is 4. The van der Waals surface area contributed by atoms with Crippen LogP contribution in [0.5, 0.6) is 0 Å². The second-order valence-corrected chi connectivity index (χ2v) is 8.00. The highest BCUT2D eigenvalue weighted by Crippen LogP contribution is 2.36. The van der Waals surface area contributed by atoms with E-state index < -0.39 is 0 Å². The maximum absolute atomic E-state index is 13.6. The number of pyridine rings is 1. The van der Waals surface area contributed by atoms with Crippen molar-refractivity contribution in [2.24, 2.45) is 0 Å². The molecule has 2 aromatic heterocycles. The maximum Gasteiger partial charge on any atom is 0.275 e. The van der Waals surface area contributed by atoms with Gasteiger partial charge in [-0.2, -0.15) is 0 Å². The average molecular weight is 392 g/mol. The van der Waals surface area contributed by atoms with Crippen LogP contribution in [-0.2, 0) is 13.0 Å². The van der Waals surface area contributed by atoms with Gasteiger partial charge in [0, 0.05) is 32.3 Å². The number of nitrogens with one attached hydrogen (secondary N) is 1. The number of carbonyl (C=O) groups excluding carboxylic acids is 1. The van der Waals surface area contributed by atoms with Crippen LogP contribution in [0.2, 0.25) is 0 Å². The van der Waals surface area contributed by atoms with Gasteiger partial charge in [0.25, 0.3) is 11.5 Å². The fraction of sp³-hybridized carbons (Fsp3) is 0.333. The molecule has 0 aliphatic heterocycles. The Bertz CT molecular complexity index is 1180. The first-order valence-corrected chi connectivity index (χ1v) is 10.1. The van der Waals surface area contributed by atoms with E-state index in [0.717, 1.165) is 25.0 Å². The molecule has 152 valence electrons. The molecular formula is C24H29N3O2. The number of aromatic nitrogens is 2. The van der Waals surface area contributed by atoms with E-state index in [0.29, 0.717) is 23.0 Å². The fourth-order valence-electron chi connectivity index (χ4n) is 4.58. The van der Waals surface area contributed by atoms with Crippen LogP contribution in [0, 0.1) is 13.8 Å². The lowest BCUT2D eigenvalue weighted by Gasteiger charge is -2.34. The standard InChI is InChI=1S/C24H27N3O2.H2/c1-5-12-27-14-20(19-13-16(3)25-22(19)24(27)29)23(28)26(4)21-11-7-9-17-15(2)8-6-10-18(17)21;/h5-6,8,10,13-14,21,25H,1,7,9,11-12H2,2-4H3;1H. The first-order valence-electron chi connectivity index (χ1n) is 10.1. The Balaban J connectivity index is 0.00000256. The van der Waals surface area contributed by atoms with Gasteiger partial charge >= 0.3 is 0 Å². The lowest BCUT2D eigenvalue weighted by molar-refractivity contribution is 0.0716. The highest BCUT2D eigenvalue weighted by atomic mass is 16.2. The van der Waals surface area contributed by atoms with Gasteiger partial charge in [-0.25, -0.2) is 0 Å². The summed E-state index contributed by atoms with van der Waals surface area (Å²) >= 11 is 0. The van der Waals surface area contributed by atoms with Gasteiger partial charge in [-0.15, -0.1) is 6.58 Å². The zero-order valence-corrected chi connectivity index (χ0v) is 17.3. The molecule has 1 aromatic carbocycles. The first kappa shape index (κ1) is 19.2. The number of benzene rings is 1. The maximum atomic E-state index is 13.6. The highest BCUT2D eigenvalue weighted by Gasteiger charge is 2.29. The molecule has 2 heterocycles. The van der Waals surface area contributed by atoms with Crippen molar-refractivity contribution in [1.29, 1.82) is 0 Å². The summed E-state index contributed by atoms with van der Waals surface area (Å²) in [6.07, 6.45) is 6.42. The van der Waals surface area contributed by atoms with Crippen LogP contribution in [0.15, 0.2) is 47.9 Å². The van der Waals surface area contributed by atoms with Crippen molar-refractivity contribution < 1.29 is 6.22 Å². The second kappa shape index (κ2) is 7.39. The van der Waals surface area contributed by atoms with Gasteiger partial charge in [0.1, 0.15) is 5.52 Å². The van der Waals surface area contributed by atoms with E-state index in [4.69, 9.17) is 0 Å². The number of aromatic amines is 1. The number of hydrogen-bond donors (Lipinski definition) is 1. The molecule has 1 amide bonds. The number of allylic oxidation sites excluding steroid dienone is 1. The molecule has 0 radical (unpaired) electrons. The smallest absolute Gasteiger partial charge is 0.275 e. The van der Waals surface area contributed by atoms with Crippen molar-refractivity contribution in [3.63, 3.8) is 0 Å².